The first-order chi connectivity index (χ1) is 7.33. The Labute approximate surface area is 99.6 Å². The molecule has 0 saturated carbocycles. The fraction of sp³-hybridized carbons (Fsp3) is 0.500. The summed E-state index contributed by atoms with van der Waals surface area (Å²) >= 11 is 6.14. The number of benzene rings is 1. The number of phenolic OH excluding ortho intramolecular Hbond substituents is 1. The standard InChI is InChI=1S/C12H15ClO3/c1-6-4-8(14)7-5-9(15)12(2,3)16-11(7)10(6)13/h4,9,14-15H,5H2,1-3H3/t9-/m0/s1. The van der Waals surface area contributed by atoms with E-state index in [0.29, 0.717) is 22.8 Å². The minimum Gasteiger partial charge on any atom is -0.508 e. The highest BCUT2D eigenvalue weighted by molar-refractivity contribution is 6.33. The van der Waals surface area contributed by atoms with Crippen LogP contribution in [0.25, 0.3) is 0 Å². The Morgan fingerprint density at radius 3 is 2.75 bits per heavy atom. The van der Waals surface area contributed by atoms with Crippen molar-refractivity contribution in [1.29, 1.82) is 0 Å². The van der Waals surface area contributed by atoms with E-state index in [9.17, 15) is 10.2 Å². The maximum atomic E-state index is 9.89. The lowest BCUT2D eigenvalue weighted by molar-refractivity contribution is -0.0416. The zero-order chi connectivity index (χ0) is 12.1. The molecule has 1 aliphatic rings. The molecule has 16 heavy (non-hydrogen) atoms. The molecule has 3 nitrogen and oxygen atoms in total. The number of aliphatic hydroxyl groups excluding tert-OH is 1. The minimum absolute atomic E-state index is 0.131. The maximum Gasteiger partial charge on any atom is 0.146 e. The second-order valence-electron chi connectivity index (χ2n) is 4.76. The second kappa shape index (κ2) is 3.54. The van der Waals surface area contributed by atoms with Gasteiger partial charge in [0.15, 0.2) is 0 Å². The molecule has 0 unspecified atom stereocenters. The van der Waals surface area contributed by atoms with Gasteiger partial charge in [-0.1, -0.05) is 11.6 Å². The van der Waals surface area contributed by atoms with Crippen LogP contribution in [0.4, 0.5) is 0 Å². The number of phenols is 1. The van der Waals surface area contributed by atoms with Crippen LogP contribution < -0.4 is 4.74 Å². The molecule has 0 spiro atoms. The number of fused-ring (bicyclic) bond motifs is 1. The normalized spacial score (nSPS) is 22.4. The van der Waals surface area contributed by atoms with Crippen LogP contribution in [-0.2, 0) is 6.42 Å². The van der Waals surface area contributed by atoms with E-state index in [1.165, 1.54) is 0 Å². The third-order valence-corrected chi connectivity index (χ3v) is 3.52. The van der Waals surface area contributed by atoms with Crippen LogP contribution in [0.1, 0.15) is 25.0 Å². The fourth-order valence-electron chi connectivity index (χ4n) is 1.86. The molecule has 1 aliphatic heterocycles. The van der Waals surface area contributed by atoms with Crippen LogP contribution in [0.3, 0.4) is 0 Å². The molecule has 0 saturated heterocycles. The van der Waals surface area contributed by atoms with Crippen molar-refractivity contribution in [2.24, 2.45) is 0 Å². The van der Waals surface area contributed by atoms with E-state index >= 15 is 0 Å². The van der Waals surface area contributed by atoms with Crippen molar-refractivity contribution in [3.63, 3.8) is 0 Å². The molecule has 0 aliphatic carbocycles. The van der Waals surface area contributed by atoms with Crippen LogP contribution in [0.5, 0.6) is 11.5 Å². The first kappa shape index (κ1) is 11.6. The first-order valence-electron chi connectivity index (χ1n) is 5.21. The molecule has 0 amide bonds. The van der Waals surface area contributed by atoms with Crippen molar-refractivity contribution >= 4 is 11.6 Å². The van der Waals surface area contributed by atoms with Crippen molar-refractivity contribution in [1.82, 2.24) is 0 Å². The number of aromatic hydroxyl groups is 1. The Morgan fingerprint density at radius 1 is 1.50 bits per heavy atom. The van der Waals surface area contributed by atoms with E-state index < -0.39 is 11.7 Å². The van der Waals surface area contributed by atoms with Crippen LogP contribution in [0.15, 0.2) is 6.07 Å². The van der Waals surface area contributed by atoms with Gasteiger partial charge >= 0.3 is 0 Å². The summed E-state index contributed by atoms with van der Waals surface area (Å²) in [4.78, 5) is 0. The zero-order valence-corrected chi connectivity index (χ0v) is 10.3. The summed E-state index contributed by atoms with van der Waals surface area (Å²) in [6.07, 6.45) is -0.293. The molecule has 88 valence electrons. The van der Waals surface area contributed by atoms with Gasteiger partial charge < -0.3 is 14.9 Å². The van der Waals surface area contributed by atoms with Gasteiger partial charge in [-0.3, -0.25) is 0 Å². The van der Waals surface area contributed by atoms with Gasteiger partial charge in [-0.2, -0.15) is 0 Å². The van der Waals surface area contributed by atoms with Crippen molar-refractivity contribution in [2.45, 2.75) is 38.9 Å². The monoisotopic (exact) mass is 242 g/mol. The summed E-state index contributed by atoms with van der Waals surface area (Å²) < 4.78 is 5.68. The van der Waals surface area contributed by atoms with E-state index in [4.69, 9.17) is 16.3 Å². The topological polar surface area (TPSA) is 49.7 Å². The smallest absolute Gasteiger partial charge is 0.146 e. The van der Waals surface area contributed by atoms with Gasteiger partial charge in [0.25, 0.3) is 0 Å². The molecule has 1 aromatic carbocycles. The molecular weight excluding hydrogens is 228 g/mol. The molecule has 0 radical (unpaired) electrons. The highest BCUT2D eigenvalue weighted by atomic mass is 35.5. The molecule has 0 aromatic heterocycles. The molecule has 1 aromatic rings. The largest absolute Gasteiger partial charge is 0.508 e. The lowest BCUT2D eigenvalue weighted by Crippen LogP contribution is -2.46. The molecule has 1 atom stereocenters. The number of aryl methyl sites for hydroxylation is 1. The number of hydrogen-bond donors (Lipinski definition) is 2. The van der Waals surface area contributed by atoms with Crippen LogP contribution >= 0.6 is 11.6 Å². The quantitative estimate of drug-likeness (QED) is 0.735. The maximum absolute atomic E-state index is 9.89. The Hall–Kier alpha value is -0.930. The average molecular weight is 243 g/mol. The van der Waals surface area contributed by atoms with Crippen LogP contribution in [0, 0.1) is 6.92 Å². The summed E-state index contributed by atoms with van der Waals surface area (Å²) in [6, 6.07) is 1.59. The number of ether oxygens (including phenoxy) is 1. The lowest BCUT2D eigenvalue weighted by atomic mass is 9.90. The Kier molecular flexibility index (Phi) is 2.55. The van der Waals surface area contributed by atoms with Crippen molar-refractivity contribution in [3.05, 3.63) is 22.2 Å². The average Bonchev–Trinajstić information content (AvgIpc) is 2.18. The molecule has 2 rings (SSSR count). The second-order valence-corrected chi connectivity index (χ2v) is 5.14. The highest BCUT2D eigenvalue weighted by Crippen LogP contribution is 2.44. The molecule has 0 fully saturated rings. The zero-order valence-electron chi connectivity index (χ0n) is 9.54. The number of halogens is 1. The Balaban J connectivity index is 2.60. The van der Waals surface area contributed by atoms with Crippen molar-refractivity contribution in [2.75, 3.05) is 0 Å². The predicted molar refractivity (Wildman–Crippen MR) is 62.3 cm³/mol. The Morgan fingerprint density at radius 2 is 2.12 bits per heavy atom. The first-order valence-corrected chi connectivity index (χ1v) is 5.58. The number of aliphatic hydroxyl groups is 1. The predicted octanol–water partition coefficient (Wildman–Crippen LogP) is 2.43. The van der Waals surface area contributed by atoms with Gasteiger partial charge in [0.2, 0.25) is 0 Å². The van der Waals surface area contributed by atoms with Gasteiger partial charge in [0, 0.05) is 12.0 Å². The van der Waals surface area contributed by atoms with E-state index in [2.05, 4.69) is 0 Å². The van der Waals surface area contributed by atoms with Gasteiger partial charge in [0.1, 0.15) is 17.1 Å². The summed E-state index contributed by atoms with van der Waals surface area (Å²) in [7, 11) is 0. The summed E-state index contributed by atoms with van der Waals surface area (Å²) in [5, 5.41) is 20.2. The SMILES string of the molecule is Cc1cc(O)c2c(c1Cl)OC(C)(C)[C@@H](O)C2. The molecule has 0 bridgehead atoms. The number of hydrogen-bond acceptors (Lipinski definition) is 3. The summed E-state index contributed by atoms with van der Waals surface area (Å²) in [5.74, 6) is 0.626. The van der Waals surface area contributed by atoms with E-state index in [1.54, 1.807) is 19.9 Å². The summed E-state index contributed by atoms with van der Waals surface area (Å²) in [5.41, 5.74) is 0.671. The molecule has 4 heteroatoms. The fourth-order valence-corrected chi connectivity index (χ4v) is 2.06. The summed E-state index contributed by atoms with van der Waals surface area (Å²) in [6.45, 7) is 5.41. The van der Waals surface area contributed by atoms with Crippen LogP contribution in [0.2, 0.25) is 5.02 Å². The molecule has 1 heterocycles. The molecular formula is C12H15ClO3. The van der Waals surface area contributed by atoms with Gasteiger partial charge in [-0.05, 0) is 32.4 Å². The van der Waals surface area contributed by atoms with E-state index in [1.807, 2.05) is 6.92 Å². The van der Waals surface area contributed by atoms with Gasteiger partial charge in [-0.15, -0.1) is 0 Å². The third kappa shape index (κ3) is 1.64. The highest BCUT2D eigenvalue weighted by Gasteiger charge is 2.38. The number of rotatable bonds is 0. The Bertz CT molecular complexity index is 440. The van der Waals surface area contributed by atoms with Crippen LogP contribution in [-0.4, -0.2) is 21.9 Å². The van der Waals surface area contributed by atoms with Gasteiger partial charge in [0.05, 0.1) is 11.1 Å². The van der Waals surface area contributed by atoms with E-state index in [-0.39, 0.29) is 5.75 Å². The minimum atomic E-state index is -0.684. The molecule has 2 N–H and O–H groups in total. The van der Waals surface area contributed by atoms with Gasteiger partial charge in [-0.25, -0.2) is 0 Å². The van der Waals surface area contributed by atoms with E-state index in [0.717, 1.165) is 5.56 Å². The lowest BCUT2D eigenvalue weighted by Gasteiger charge is -2.37. The van der Waals surface area contributed by atoms with Crippen molar-refractivity contribution < 1.29 is 14.9 Å². The third-order valence-electron chi connectivity index (χ3n) is 3.05. The van der Waals surface area contributed by atoms with Crippen molar-refractivity contribution in [3.8, 4) is 11.5 Å².